The van der Waals surface area contributed by atoms with Crippen LogP contribution < -0.4 is 10.2 Å². The minimum Gasteiger partial charge on any atom is -0.463 e. The van der Waals surface area contributed by atoms with Crippen LogP contribution in [0.2, 0.25) is 0 Å². The largest absolute Gasteiger partial charge is 0.463 e. The van der Waals surface area contributed by atoms with Gasteiger partial charge < -0.3 is 29.7 Å². The van der Waals surface area contributed by atoms with Gasteiger partial charge in [0, 0.05) is 31.8 Å². The molecule has 6 atom stereocenters. The summed E-state index contributed by atoms with van der Waals surface area (Å²) in [6, 6.07) is 13.5. The van der Waals surface area contributed by atoms with Crippen LogP contribution in [0, 0.1) is 25.7 Å². The van der Waals surface area contributed by atoms with Crippen LogP contribution >= 0.6 is 0 Å². The number of nitrogens with one attached hydrogen (secondary N) is 1. The third kappa shape index (κ3) is 6.62. The monoisotopic (exact) mass is 643 g/mol. The van der Waals surface area contributed by atoms with Gasteiger partial charge in [0.1, 0.15) is 18.2 Å². The highest BCUT2D eigenvalue weighted by Gasteiger charge is 2.74. The summed E-state index contributed by atoms with van der Waals surface area (Å²) in [5.41, 5.74) is 2.15. The molecule has 2 aromatic rings. The van der Waals surface area contributed by atoms with Gasteiger partial charge in [-0.3, -0.25) is 19.2 Å². The zero-order valence-electron chi connectivity index (χ0n) is 27.2. The molecule has 3 heterocycles. The second kappa shape index (κ2) is 14.6. The number of hydrogen-bond donors (Lipinski definition) is 2. The first-order valence-corrected chi connectivity index (χ1v) is 16.4. The van der Waals surface area contributed by atoms with E-state index in [0.717, 1.165) is 22.4 Å². The summed E-state index contributed by atoms with van der Waals surface area (Å²) in [6.07, 6.45) is 4.63. The number of fused-ring (bicyclic) bond motifs is 1. The molecule has 250 valence electrons. The number of hydrogen-bond acceptors (Lipinski definition) is 7. The number of allylic oxidation sites excluding steroid dienone is 1. The molecule has 3 fully saturated rings. The Morgan fingerprint density at radius 1 is 1.17 bits per heavy atom. The highest BCUT2D eigenvalue weighted by Crippen LogP contribution is 2.58. The van der Waals surface area contributed by atoms with E-state index < -0.39 is 47.5 Å². The fourth-order valence-corrected chi connectivity index (χ4v) is 7.45. The molecule has 3 aliphatic rings. The summed E-state index contributed by atoms with van der Waals surface area (Å²) in [4.78, 5) is 58.7. The Kier molecular flexibility index (Phi) is 10.6. The van der Waals surface area contributed by atoms with Gasteiger partial charge in [-0.15, -0.1) is 13.2 Å². The van der Waals surface area contributed by atoms with Crippen molar-refractivity contribution >= 4 is 29.4 Å². The van der Waals surface area contributed by atoms with Crippen LogP contribution in [0.1, 0.15) is 54.8 Å². The summed E-state index contributed by atoms with van der Waals surface area (Å²) >= 11 is 0. The lowest BCUT2D eigenvalue weighted by molar-refractivity contribution is -0.146. The number of benzene rings is 2. The summed E-state index contributed by atoms with van der Waals surface area (Å²) in [5, 5.41) is 12.8. The van der Waals surface area contributed by atoms with Gasteiger partial charge in [0.05, 0.1) is 24.0 Å². The van der Waals surface area contributed by atoms with Gasteiger partial charge in [-0.05, 0) is 62.3 Å². The molecule has 0 unspecified atom stereocenters. The molecule has 10 heteroatoms. The van der Waals surface area contributed by atoms with Crippen molar-refractivity contribution < 1.29 is 33.8 Å². The normalized spacial score (nSPS) is 24.8. The van der Waals surface area contributed by atoms with Crippen LogP contribution in [0.4, 0.5) is 5.69 Å². The second-order valence-electron chi connectivity index (χ2n) is 12.7. The highest BCUT2D eigenvalue weighted by molar-refractivity contribution is 6.05. The summed E-state index contributed by atoms with van der Waals surface area (Å²) < 4.78 is 12.1. The van der Waals surface area contributed by atoms with E-state index >= 15 is 0 Å². The van der Waals surface area contributed by atoms with E-state index in [2.05, 4.69) is 18.5 Å². The van der Waals surface area contributed by atoms with Crippen molar-refractivity contribution in [3.05, 3.63) is 90.5 Å². The molecule has 2 aromatic carbocycles. The molecule has 5 rings (SSSR count). The molecule has 1 spiro atoms. The zero-order valence-corrected chi connectivity index (χ0v) is 27.2. The Morgan fingerprint density at radius 2 is 1.94 bits per heavy atom. The highest BCUT2D eigenvalue weighted by atomic mass is 16.5. The smallest absolute Gasteiger partial charge is 0.306 e. The third-order valence-corrected chi connectivity index (χ3v) is 9.61. The lowest BCUT2D eigenvalue weighted by Crippen LogP contribution is -2.56. The van der Waals surface area contributed by atoms with Crippen molar-refractivity contribution in [2.24, 2.45) is 11.8 Å². The summed E-state index contributed by atoms with van der Waals surface area (Å²) in [5.74, 6) is -3.15. The SMILES string of the molecule is C=CCCC(=O)OC[C@H](NC(=O)[C@@H]1[C@@H]2CC[C@]3(O2)[C@H](C(=O)N(CC=C)c2cc(C)ccc2C)N(CCCO)C(=O)[C@@H]13)c1ccccc1. The maximum absolute atomic E-state index is 14.7. The van der Waals surface area contributed by atoms with Crippen LogP contribution in [-0.4, -0.2) is 77.7 Å². The molecule has 3 amide bonds. The molecule has 0 aromatic heterocycles. The standard InChI is InChI=1S/C37H45N3O7/c1-5-7-14-30(42)46-23-27(26-12-9-8-10-13-26)38-34(43)31-29-17-18-37(47-29)32(31)35(44)40(20-11-21-41)33(37)36(45)39(19-6-2)28-22-24(3)15-16-25(28)4/h5-6,8-10,12-13,15-16,22,27,29,31-33,41H,1-2,7,11,14,17-21,23H2,3-4H3,(H,38,43)/t27-,29-,31+,32+,33-,37+/m0/s1. The van der Waals surface area contributed by atoms with Crippen molar-refractivity contribution in [1.82, 2.24) is 10.2 Å². The number of nitrogens with zero attached hydrogens (tertiary/aromatic N) is 2. The Bertz CT molecular complexity index is 1510. The fraction of sp³-hybridized carbons (Fsp3) is 0.459. The maximum atomic E-state index is 14.7. The number of amides is 3. The summed E-state index contributed by atoms with van der Waals surface area (Å²) in [6.45, 7) is 11.5. The van der Waals surface area contributed by atoms with Crippen molar-refractivity contribution in [2.45, 2.75) is 69.7 Å². The zero-order chi connectivity index (χ0) is 33.7. The number of carbonyl (C=O) groups is 4. The average molecular weight is 644 g/mol. The molecule has 2 N–H and O–H groups in total. The molecular formula is C37H45N3O7. The van der Waals surface area contributed by atoms with Gasteiger partial charge in [-0.25, -0.2) is 0 Å². The fourth-order valence-electron chi connectivity index (χ4n) is 7.45. The number of likely N-dealkylation sites (tertiary alicyclic amines) is 1. The van der Waals surface area contributed by atoms with Crippen LogP contribution in [0.5, 0.6) is 0 Å². The first kappa shape index (κ1) is 34.1. The summed E-state index contributed by atoms with van der Waals surface area (Å²) in [7, 11) is 0. The molecule has 0 radical (unpaired) electrons. The molecule has 0 aliphatic carbocycles. The van der Waals surface area contributed by atoms with E-state index in [1.54, 1.807) is 17.1 Å². The topological polar surface area (TPSA) is 125 Å². The number of anilines is 1. The Morgan fingerprint density at radius 3 is 2.64 bits per heavy atom. The van der Waals surface area contributed by atoms with Crippen molar-refractivity contribution in [1.29, 1.82) is 0 Å². The molecule has 3 saturated heterocycles. The van der Waals surface area contributed by atoms with Gasteiger partial charge in [0.2, 0.25) is 11.8 Å². The van der Waals surface area contributed by atoms with E-state index in [9.17, 15) is 24.3 Å². The van der Waals surface area contributed by atoms with E-state index in [1.807, 2.05) is 62.4 Å². The number of ether oxygens (including phenoxy) is 2. The van der Waals surface area contributed by atoms with Gasteiger partial charge in [-0.1, -0.05) is 54.6 Å². The molecule has 0 saturated carbocycles. The Labute approximate surface area is 276 Å². The van der Waals surface area contributed by atoms with Crippen LogP contribution in [0.3, 0.4) is 0 Å². The Hall–Kier alpha value is -4.28. The van der Waals surface area contributed by atoms with Crippen molar-refractivity contribution in [3.63, 3.8) is 0 Å². The van der Waals surface area contributed by atoms with Crippen LogP contribution in [0.25, 0.3) is 0 Å². The molecule has 10 nitrogen and oxygen atoms in total. The lowest BCUT2D eigenvalue weighted by Gasteiger charge is -2.37. The molecule has 2 bridgehead atoms. The Balaban J connectivity index is 1.46. The van der Waals surface area contributed by atoms with Gasteiger partial charge in [0.25, 0.3) is 5.91 Å². The van der Waals surface area contributed by atoms with Gasteiger partial charge in [0.15, 0.2) is 0 Å². The maximum Gasteiger partial charge on any atom is 0.306 e. The van der Waals surface area contributed by atoms with Crippen LogP contribution in [0.15, 0.2) is 73.8 Å². The van der Waals surface area contributed by atoms with Crippen LogP contribution in [-0.2, 0) is 28.7 Å². The predicted octanol–water partition coefficient (Wildman–Crippen LogP) is 3.95. The number of carbonyl (C=O) groups excluding carboxylic acids is 4. The second-order valence-corrected chi connectivity index (χ2v) is 12.7. The molecule has 47 heavy (non-hydrogen) atoms. The molecular weight excluding hydrogens is 598 g/mol. The third-order valence-electron chi connectivity index (χ3n) is 9.61. The number of aryl methyl sites for hydroxylation is 2. The first-order chi connectivity index (χ1) is 22.7. The lowest BCUT2D eigenvalue weighted by atomic mass is 9.70. The molecule has 3 aliphatic heterocycles. The van der Waals surface area contributed by atoms with E-state index in [1.165, 1.54) is 4.90 Å². The number of rotatable bonds is 15. The quantitative estimate of drug-likeness (QED) is 0.223. The minimum absolute atomic E-state index is 0.0795. The number of esters is 1. The minimum atomic E-state index is -1.20. The van der Waals surface area contributed by atoms with E-state index in [-0.39, 0.29) is 51.0 Å². The number of aliphatic hydroxyl groups excluding tert-OH is 1. The van der Waals surface area contributed by atoms with Crippen molar-refractivity contribution in [2.75, 3.05) is 31.2 Å². The predicted molar refractivity (Wildman–Crippen MR) is 177 cm³/mol. The van der Waals surface area contributed by atoms with Gasteiger partial charge in [-0.2, -0.15) is 0 Å². The van der Waals surface area contributed by atoms with Crippen molar-refractivity contribution in [3.8, 4) is 0 Å². The van der Waals surface area contributed by atoms with Gasteiger partial charge >= 0.3 is 5.97 Å². The van der Waals surface area contributed by atoms with E-state index in [0.29, 0.717) is 19.3 Å². The first-order valence-electron chi connectivity index (χ1n) is 16.4. The number of aliphatic hydroxyl groups is 1. The van der Waals surface area contributed by atoms with E-state index in [4.69, 9.17) is 9.47 Å². The average Bonchev–Trinajstić information content (AvgIpc) is 3.72.